The fourth-order valence-corrected chi connectivity index (χ4v) is 3.78. The van der Waals surface area contributed by atoms with Gasteiger partial charge in [0.05, 0.1) is 12.1 Å². The molecule has 1 unspecified atom stereocenters. The van der Waals surface area contributed by atoms with E-state index in [9.17, 15) is 9.59 Å². The van der Waals surface area contributed by atoms with Crippen LogP contribution in [0.4, 0.5) is 0 Å². The van der Waals surface area contributed by atoms with E-state index in [0.29, 0.717) is 19.5 Å². The third kappa shape index (κ3) is 3.61. The number of nitrogens with zero attached hydrogens (tertiary/aromatic N) is 3. The molecule has 7 heteroatoms. The average molecular weight is 333 g/mol. The van der Waals surface area contributed by atoms with Crippen molar-refractivity contribution >= 4 is 11.8 Å². The standard InChI is InChI=1S/C17H27N5O2/c1-3-16(23)20-13-5-4-6-22(11-13)17(24)15-9-18-8-14(15)12-7-19-21(2)10-12/h7,10,13-15,18H,3-6,8-9,11H2,1-2H3,(H,20,23)/t13?,14-,15+/m1/s1. The Balaban J connectivity index is 1.65. The molecule has 7 nitrogen and oxygen atoms in total. The molecule has 0 bridgehead atoms. The minimum atomic E-state index is -0.0465. The number of aryl methyl sites for hydroxylation is 1. The highest BCUT2D eigenvalue weighted by atomic mass is 16.2. The lowest BCUT2D eigenvalue weighted by Gasteiger charge is -2.35. The highest BCUT2D eigenvalue weighted by Gasteiger charge is 2.38. The molecule has 2 aliphatic rings. The Hall–Kier alpha value is -1.89. The smallest absolute Gasteiger partial charge is 0.227 e. The first-order valence-corrected chi connectivity index (χ1v) is 8.86. The van der Waals surface area contributed by atoms with E-state index in [1.54, 1.807) is 4.68 Å². The van der Waals surface area contributed by atoms with Crippen LogP contribution in [0.25, 0.3) is 0 Å². The van der Waals surface area contributed by atoms with Crippen molar-refractivity contribution in [1.29, 1.82) is 0 Å². The van der Waals surface area contributed by atoms with Crippen LogP contribution in [0.5, 0.6) is 0 Å². The Morgan fingerprint density at radius 1 is 1.42 bits per heavy atom. The van der Waals surface area contributed by atoms with Crippen molar-refractivity contribution < 1.29 is 9.59 Å². The summed E-state index contributed by atoms with van der Waals surface area (Å²) in [6, 6.07) is 0.0846. The second-order valence-electron chi connectivity index (χ2n) is 6.86. The third-order valence-electron chi connectivity index (χ3n) is 5.10. The SMILES string of the molecule is CCC(=O)NC1CCCN(C(=O)[C@H]2CNC[C@@H]2c2cnn(C)c2)C1. The maximum atomic E-state index is 13.0. The maximum absolute atomic E-state index is 13.0. The van der Waals surface area contributed by atoms with Crippen molar-refractivity contribution in [1.82, 2.24) is 25.3 Å². The number of hydrogen-bond acceptors (Lipinski definition) is 4. The number of carbonyl (C=O) groups is 2. The zero-order chi connectivity index (χ0) is 17.1. The van der Waals surface area contributed by atoms with E-state index in [0.717, 1.165) is 31.5 Å². The van der Waals surface area contributed by atoms with Gasteiger partial charge in [0.2, 0.25) is 11.8 Å². The first-order valence-electron chi connectivity index (χ1n) is 8.86. The number of aromatic nitrogens is 2. The fourth-order valence-electron chi connectivity index (χ4n) is 3.78. The molecular formula is C17H27N5O2. The van der Waals surface area contributed by atoms with E-state index in [4.69, 9.17) is 0 Å². The quantitative estimate of drug-likeness (QED) is 0.827. The molecule has 0 spiro atoms. The van der Waals surface area contributed by atoms with Gasteiger partial charge in [0.15, 0.2) is 0 Å². The summed E-state index contributed by atoms with van der Waals surface area (Å²) >= 11 is 0. The van der Waals surface area contributed by atoms with E-state index in [1.165, 1.54) is 0 Å². The van der Waals surface area contributed by atoms with Gasteiger partial charge in [-0.15, -0.1) is 0 Å². The molecule has 2 fully saturated rings. The van der Waals surface area contributed by atoms with Crippen molar-refractivity contribution in [3.05, 3.63) is 18.0 Å². The molecule has 3 rings (SSSR count). The van der Waals surface area contributed by atoms with Gasteiger partial charge < -0.3 is 15.5 Å². The Morgan fingerprint density at radius 3 is 2.96 bits per heavy atom. The van der Waals surface area contributed by atoms with E-state index in [2.05, 4.69) is 15.7 Å². The van der Waals surface area contributed by atoms with Crippen molar-refractivity contribution in [2.75, 3.05) is 26.2 Å². The van der Waals surface area contributed by atoms with Gasteiger partial charge >= 0.3 is 0 Å². The number of nitrogens with one attached hydrogen (secondary N) is 2. The van der Waals surface area contributed by atoms with Crippen LogP contribution in [-0.2, 0) is 16.6 Å². The molecule has 24 heavy (non-hydrogen) atoms. The molecule has 2 N–H and O–H groups in total. The fraction of sp³-hybridized carbons (Fsp3) is 0.706. The molecule has 3 heterocycles. The molecule has 0 aliphatic carbocycles. The highest BCUT2D eigenvalue weighted by Crippen LogP contribution is 2.30. The lowest BCUT2D eigenvalue weighted by atomic mass is 9.89. The van der Waals surface area contributed by atoms with Crippen molar-refractivity contribution in [3.63, 3.8) is 0 Å². The summed E-state index contributed by atoms with van der Waals surface area (Å²) in [5, 5.41) is 10.6. The Kier molecular flexibility index (Phi) is 5.18. The molecule has 2 saturated heterocycles. The first-order chi connectivity index (χ1) is 11.6. The topological polar surface area (TPSA) is 79.3 Å². The lowest BCUT2D eigenvalue weighted by Crippen LogP contribution is -2.51. The molecule has 0 aromatic carbocycles. The van der Waals surface area contributed by atoms with E-state index >= 15 is 0 Å². The van der Waals surface area contributed by atoms with Crippen molar-refractivity contribution in [3.8, 4) is 0 Å². The monoisotopic (exact) mass is 333 g/mol. The lowest BCUT2D eigenvalue weighted by molar-refractivity contribution is -0.137. The minimum Gasteiger partial charge on any atom is -0.352 e. The largest absolute Gasteiger partial charge is 0.352 e. The second kappa shape index (κ2) is 7.34. The Bertz CT molecular complexity index is 600. The molecule has 132 valence electrons. The minimum absolute atomic E-state index is 0.0465. The molecule has 2 aliphatic heterocycles. The van der Waals surface area contributed by atoms with Crippen LogP contribution in [-0.4, -0.2) is 58.7 Å². The third-order valence-corrected chi connectivity index (χ3v) is 5.10. The average Bonchev–Trinajstić information content (AvgIpc) is 3.22. The van der Waals surface area contributed by atoms with Gasteiger partial charge in [-0.2, -0.15) is 5.10 Å². The molecule has 1 aromatic heterocycles. The van der Waals surface area contributed by atoms with Crippen LogP contribution in [0, 0.1) is 5.92 Å². The van der Waals surface area contributed by atoms with Crippen molar-refractivity contribution in [2.24, 2.45) is 13.0 Å². The number of likely N-dealkylation sites (tertiary alicyclic amines) is 1. The summed E-state index contributed by atoms with van der Waals surface area (Å²) in [7, 11) is 1.90. The molecular weight excluding hydrogens is 306 g/mol. The van der Waals surface area contributed by atoms with Gasteiger partial charge in [0.1, 0.15) is 0 Å². The highest BCUT2D eigenvalue weighted by molar-refractivity contribution is 5.81. The molecule has 1 aromatic rings. The zero-order valence-electron chi connectivity index (χ0n) is 14.5. The normalized spacial score (nSPS) is 27.2. The van der Waals surface area contributed by atoms with Crippen LogP contribution < -0.4 is 10.6 Å². The predicted octanol–water partition coefficient (Wildman–Crippen LogP) is 0.240. The first kappa shape index (κ1) is 17.0. The molecule has 0 saturated carbocycles. The summed E-state index contributed by atoms with van der Waals surface area (Å²) in [5.41, 5.74) is 1.12. The predicted molar refractivity (Wildman–Crippen MR) is 90.3 cm³/mol. The second-order valence-corrected chi connectivity index (χ2v) is 6.86. The van der Waals surface area contributed by atoms with Crippen LogP contribution >= 0.6 is 0 Å². The number of hydrogen-bond donors (Lipinski definition) is 2. The van der Waals surface area contributed by atoms with Gasteiger partial charge in [0, 0.05) is 57.8 Å². The molecule has 2 amide bonds. The molecule has 3 atom stereocenters. The molecule has 0 radical (unpaired) electrons. The summed E-state index contributed by atoms with van der Waals surface area (Å²) < 4.78 is 1.78. The van der Waals surface area contributed by atoms with E-state index in [1.807, 2.05) is 31.3 Å². The van der Waals surface area contributed by atoms with Crippen LogP contribution in [0.2, 0.25) is 0 Å². The van der Waals surface area contributed by atoms with E-state index in [-0.39, 0.29) is 29.7 Å². The Morgan fingerprint density at radius 2 is 2.25 bits per heavy atom. The van der Waals surface area contributed by atoms with Gasteiger partial charge in [-0.05, 0) is 18.4 Å². The summed E-state index contributed by atoms with van der Waals surface area (Å²) in [6.45, 7) is 4.78. The van der Waals surface area contributed by atoms with Gasteiger partial charge in [0.25, 0.3) is 0 Å². The maximum Gasteiger partial charge on any atom is 0.227 e. The summed E-state index contributed by atoms with van der Waals surface area (Å²) in [4.78, 5) is 26.6. The van der Waals surface area contributed by atoms with Gasteiger partial charge in [-0.1, -0.05) is 6.92 Å². The van der Waals surface area contributed by atoms with Crippen LogP contribution in [0.3, 0.4) is 0 Å². The Labute approximate surface area is 142 Å². The number of amides is 2. The van der Waals surface area contributed by atoms with E-state index < -0.39 is 0 Å². The summed E-state index contributed by atoms with van der Waals surface area (Å²) in [6.07, 6.45) is 6.24. The zero-order valence-corrected chi connectivity index (χ0v) is 14.5. The summed E-state index contributed by atoms with van der Waals surface area (Å²) in [5.74, 6) is 0.390. The van der Waals surface area contributed by atoms with Crippen LogP contribution in [0.15, 0.2) is 12.4 Å². The van der Waals surface area contributed by atoms with Gasteiger partial charge in [-0.25, -0.2) is 0 Å². The number of piperidine rings is 1. The van der Waals surface area contributed by atoms with Gasteiger partial charge in [-0.3, -0.25) is 14.3 Å². The number of rotatable bonds is 4. The van der Waals surface area contributed by atoms with Crippen molar-refractivity contribution in [2.45, 2.75) is 38.1 Å². The van der Waals surface area contributed by atoms with Crippen LogP contribution in [0.1, 0.15) is 37.7 Å². The number of carbonyl (C=O) groups excluding carboxylic acids is 2.